The molecule has 0 saturated heterocycles. The van der Waals surface area contributed by atoms with E-state index in [9.17, 15) is 0 Å². The molecule has 0 fully saturated rings. The molecular formula is C44H54Si2. The minimum atomic E-state index is -1.91. The standard InChI is InChI=1S/C44H54Si2/c1-29(2)45(30(3)4,31(5)6)19-17-35-21-38(18-20-46(32(7)8,33(9)10)34(11)12)44-28-42-26-40-24-37-16-14-13-15-36(37)23-39(40)25-41(42)27-43(44)22-35/h13-16,21-34H,1-12H3. The molecule has 0 amide bonds. The molecule has 0 aromatic heterocycles. The van der Waals surface area contributed by atoms with E-state index >= 15 is 0 Å². The van der Waals surface area contributed by atoms with Crippen LogP contribution >= 0.6 is 0 Å². The molecule has 46 heavy (non-hydrogen) atoms. The van der Waals surface area contributed by atoms with Gasteiger partial charge in [-0.3, -0.25) is 0 Å². The van der Waals surface area contributed by atoms with E-state index in [1.807, 2.05) is 0 Å². The molecule has 5 rings (SSSR count). The van der Waals surface area contributed by atoms with Crippen molar-refractivity contribution in [3.8, 4) is 22.9 Å². The lowest BCUT2D eigenvalue weighted by Gasteiger charge is -2.38. The van der Waals surface area contributed by atoms with Gasteiger partial charge in [-0.1, -0.05) is 119 Å². The third-order valence-electron chi connectivity index (χ3n) is 11.3. The maximum atomic E-state index is 4.04. The van der Waals surface area contributed by atoms with Gasteiger partial charge in [-0.15, -0.1) is 11.1 Å². The summed E-state index contributed by atoms with van der Waals surface area (Å²) in [7, 11) is -3.79. The number of hydrogen-bond acceptors (Lipinski definition) is 0. The first-order valence-corrected chi connectivity index (χ1v) is 22.1. The SMILES string of the molecule is CC(C)[Si](C#Cc1cc(C#C[Si](C(C)C)(C(C)C)C(C)C)c2cc3cc4cc5ccccc5cc4cc3cc2c1)(C(C)C)C(C)C. The van der Waals surface area contributed by atoms with Crippen molar-refractivity contribution in [1.82, 2.24) is 0 Å². The highest BCUT2D eigenvalue weighted by atomic mass is 28.3. The van der Waals surface area contributed by atoms with Crippen LogP contribution in [0, 0.1) is 22.9 Å². The van der Waals surface area contributed by atoms with Gasteiger partial charge in [-0.2, -0.15) is 0 Å². The van der Waals surface area contributed by atoms with Gasteiger partial charge in [0.2, 0.25) is 0 Å². The molecule has 0 aliphatic heterocycles. The van der Waals surface area contributed by atoms with Crippen LogP contribution in [0.3, 0.4) is 0 Å². The van der Waals surface area contributed by atoms with E-state index in [0.29, 0.717) is 33.2 Å². The van der Waals surface area contributed by atoms with Crippen LogP contribution in [-0.4, -0.2) is 16.1 Å². The van der Waals surface area contributed by atoms with E-state index in [0.717, 1.165) is 11.1 Å². The minimum Gasteiger partial charge on any atom is -0.125 e. The molecule has 0 atom stereocenters. The molecule has 0 radical (unpaired) electrons. The summed E-state index contributed by atoms with van der Waals surface area (Å²) in [5.74, 6) is 7.64. The first kappa shape index (κ1) is 34.0. The molecule has 0 spiro atoms. The van der Waals surface area contributed by atoms with Gasteiger partial charge in [0.05, 0.1) is 0 Å². The van der Waals surface area contributed by atoms with E-state index in [2.05, 4.69) is 179 Å². The lowest BCUT2D eigenvalue weighted by Crippen LogP contribution is -2.43. The Balaban J connectivity index is 1.81. The second-order valence-electron chi connectivity index (χ2n) is 15.6. The van der Waals surface area contributed by atoms with Gasteiger partial charge in [0.25, 0.3) is 0 Å². The first-order valence-electron chi connectivity index (χ1n) is 17.6. The van der Waals surface area contributed by atoms with Crippen LogP contribution in [0.1, 0.15) is 94.2 Å². The van der Waals surface area contributed by atoms with Crippen molar-refractivity contribution >= 4 is 59.2 Å². The fraction of sp³-hybridized carbons (Fsp3) is 0.409. The van der Waals surface area contributed by atoms with E-state index < -0.39 is 16.1 Å². The van der Waals surface area contributed by atoms with Crippen LogP contribution in [0.2, 0.25) is 33.2 Å². The number of rotatable bonds is 6. The second kappa shape index (κ2) is 13.1. The van der Waals surface area contributed by atoms with Crippen LogP contribution in [0.25, 0.3) is 43.1 Å². The summed E-state index contributed by atoms with van der Waals surface area (Å²) in [5.41, 5.74) is 13.8. The average molecular weight is 639 g/mol. The predicted molar refractivity (Wildman–Crippen MR) is 212 cm³/mol. The third-order valence-corrected chi connectivity index (χ3v) is 23.9. The zero-order valence-electron chi connectivity index (χ0n) is 30.4. The van der Waals surface area contributed by atoms with Crippen molar-refractivity contribution in [2.24, 2.45) is 0 Å². The van der Waals surface area contributed by atoms with Gasteiger partial charge in [-0.25, -0.2) is 0 Å². The Bertz CT molecular complexity index is 1990. The van der Waals surface area contributed by atoms with Gasteiger partial charge >= 0.3 is 0 Å². The molecule has 0 aliphatic carbocycles. The number of fused-ring (bicyclic) bond motifs is 4. The molecule has 5 aromatic carbocycles. The fourth-order valence-electron chi connectivity index (χ4n) is 8.95. The Morgan fingerprint density at radius 2 is 0.761 bits per heavy atom. The Morgan fingerprint density at radius 3 is 1.20 bits per heavy atom. The molecule has 0 unspecified atom stereocenters. The van der Waals surface area contributed by atoms with E-state index in [4.69, 9.17) is 0 Å². The highest BCUT2D eigenvalue weighted by molar-refractivity contribution is 6.91. The van der Waals surface area contributed by atoms with Crippen LogP contribution in [0.5, 0.6) is 0 Å². The van der Waals surface area contributed by atoms with Crippen molar-refractivity contribution in [2.45, 2.75) is 116 Å². The van der Waals surface area contributed by atoms with Crippen LogP contribution < -0.4 is 0 Å². The van der Waals surface area contributed by atoms with Crippen molar-refractivity contribution in [1.29, 1.82) is 0 Å². The normalized spacial score (nSPS) is 12.7. The zero-order chi connectivity index (χ0) is 33.6. The summed E-state index contributed by atoms with van der Waals surface area (Å²) in [4.78, 5) is 0. The lowest BCUT2D eigenvalue weighted by molar-refractivity contribution is 0.838. The molecule has 0 aliphatic rings. The van der Waals surface area contributed by atoms with Gasteiger partial charge in [0.15, 0.2) is 0 Å². The smallest absolute Gasteiger partial charge is 0.125 e. The fourth-order valence-corrected chi connectivity index (χ4v) is 19.4. The Kier molecular flexibility index (Phi) is 9.67. The molecule has 238 valence electrons. The summed E-state index contributed by atoms with van der Waals surface area (Å²) in [5, 5.41) is 10.1. The second-order valence-corrected chi connectivity index (χ2v) is 26.8. The van der Waals surface area contributed by atoms with Gasteiger partial charge in [-0.05, 0) is 125 Å². The minimum absolute atomic E-state index is 0.589. The largest absolute Gasteiger partial charge is 0.146 e. The molecular weight excluding hydrogens is 585 g/mol. The zero-order valence-corrected chi connectivity index (χ0v) is 32.4. The maximum Gasteiger partial charge on any atom is 0.146 e. The lowest BCUT2D eigenvalue weighted by atomic mass is 9.95. The van der Waals surface area contributed by atoms with Gasteiger partial charge in [0.1, 0.15) is 16.1 Å². The Hall–Kier alpha value is -3.31. The Labute approximate surface area is 281 Å². The molecule has 2 heteroatoms. The van der Waals surface area contributed by atoms with Crippen molar-refractivity contribution in [2.75, 3.05) is 0 Å². The monoisotopic (exact) mass is 638 g/mol. The van der Waals surface area contributed by atoms with E-state index in [1.54, 1.807) is 0 Å². The molecule has 0 saturated carbocycles. The topological polar surface area (TPSA) is 0 Å². The van der Waals surface area contributed by atoms with Crippen LogP contribution in [0.15, 0.2) is 72.8 Å². The summed E-state index contributed by atoms with van der Waals surface area (Å²) >= 11 is 0. The Morgan fingerprint density at radius 1 is 0.391 bits per heavy atom. The molecule has 0 nitrogen and oxygen atoms in total. The third kappa shape index (κ3) is 5.96. The maximum absolute atomic E-state index is 4.04. The molecule has 5 aromatic rings. The number of benzene rings is 5. The summed E-state index contributed by atoms with van der Waals surface area (Å²) < 4.78 is 0. The molecule has 0 N–H and O–H groups in total. The first-order chi connectivity index (χ1) is 21.7. The molecule has 0 heterocycles. The van der Waals surface area contributed by atoms with Crippen LogP contribution in [0.4, 0.5) is 0 Å². The van der Waals surface area contributed by atoms with Crippen LogP contribution in [-0.2, 0) is 0 Å². The van der Waals surface area contributed by atoms with Crippen molar-refractivity contribution in [3.63, 3.8) is 0 Å². The van der Waals surface area contributed by atoms with E-state index in [-0.39, 0.29) is 0 Å². The van der Waals surface area contributed by atoms with Crippen molar-refractivity contribution < 1.29 is 0 Å². The highest BCUT2D eigenvalue weighted by Gasteiger charge is 2.42. The average Bonchev–Trinajstić information content (AvgIpc) is 2.97. The van der Waals surface area contributed by atoms with Crippen molar-refractivity contribution in [3.05, 3.63) is 83.9 Å². The summed E-state index contributed by atoms with van der Waals surface area (Å²) in [6.45, 7) is 28.8. The number of hydrogen-bond donors (Lipinski definition) is 0. The van der Waals surface area contributed by atoms with Gasteiger partial charge in [0, 0.05) is 11.1 Å². The summed E-state index contributed by atoms with van der Waals surface area (Å²) in [6.07, 6.45) is 0. The van der Waals surface area contributed by atoms with Gasteiger partial charge < -0.3 is 0 Å². The predicted octanol–water partition coefficient (Wildman–Crippen LogP) is 13.4. The van der Waals surface area contributed by atoms with E-state index in [1.165, 1.54) is 43.1 Å². The summed E-state index contributed by atoms with van der Waals surface area (Å²) in [6, 6.07) is 27.5. The quantitative estimate of drug-likeness (QED) is 0.0986. The molecule has 0 bridgehead atoms. The highest BCUT2D eigenvalue weighted by Crippen LogP contribution is 2.42.